The Kier molecular flexibility index (Phi) is 6.16. The molecule has 0 aliphatic carbocycles. The van der Waals surface area contributed by atoms with Crippen molar-refractivity contribution in [3.8, 4) is 5.75 Å². The molecule has 3 aromatic heterocycles. The van der Waals surface area contributed by atoms with Crippen LogP contribution in [0.1, 0.15) is 38.2 Å². The predicted molar refractivity (Wildman–Crippen MR) is 124 cm³/mol. The second-order valence-corrected chi connectivity index (χ2v) is 7.83. The summed E-state index contributed by atoms with van der Waals surface area (Å²) < 4.78 is 8.56. The first-order valence-corrected chi connectivity index (χ1v) is 10.8. The lowest BCUT2D eigenvalue weighted by Crippen LogP contribution is -2.22. The van der Waals surface area contributed by atoms with E-state index in [2.05, 4.69) is 11.9 Å². The van der Waals surface area contributed by atoms with Crippen molar-refractivity contribution in [3.63, 3.8) is 0 Å². The molecular formula is C25H27N3O3. The molecule has 0 aliphatic heterocycles. The summed E-state index contributed by atoms with van der Waals surface area (Å²) in [5, 5.41) is 0.953. The van der Waals surface area contributed by atoms with Crippen molar-refractivity contribution in [3.05, 3.63) is 81.1 Å². The molecule has 0 saturated heterocycles. The molecule has 0 amide bonds. The molecular weight excluding hydrogens is 390 g/mol. The van der Waals surface area contributed by atoms with Gasteiger partial charge in [0.1, 0.15) is 5.75 Å². The molecule has 31 heavy (non-hydrogen) atoms. The van der Waals surface area contributed by atoms with Gasteiger partial charge >= 0.3 is 0 Å². The number of nitrogens with zero attached hydrogens (tertiary/aromatic N) is 3. The average Bonchev–Trinajstić information content (AvgIpc) is 2.80. The Labute approximate surface area is 180 Å². The predicted octanol–water partition coefficient (Wildman–Crippen LogP) is 4.35. The third kappa shape index (κ3) is 4.38. The van der Waals surface area contributed by atoms with Crippen LogP contribution in [0.25, 0.3) is 21.8 Å². The number of hydrogen-bond acceptors (Lipinski definition) is 4. The minimum absolute atomic E-state index is 0.0895. The number of hydrogen-bond donors (Lipinski definition) is 0. The monoisotopic (exact) mass is 417 g/mol. The molecule has 3 heterocycles. The normalized spacial score (nSPS) is 11.3. The summed E-state index contributed by atoms with van der Waals surface area (Å²) in [6.07, 6.45) is 7.96. The van der Waals surface area contributed by atoms with Crippen LogP contribution in [0.15, 0.2) is 64.4 Å². The van der Waals surface area contributed by atoms with Gasteiger partial charge in [-0.1, -0.05) is 38.3 Å². The third-order valence-electron chi connectivity index (χ3n) is 5.65. The maximum absolute atomic E-state index is 13.1. The van der Waals surface area contributed by atoms with E-state index in [4.69, 9.17) is 4.74 Å². The molecule has 0 saturated carbocycles. The van der Waals surface area contributed by atoms with Gasteiger partial charge in [-0.25, -0.2) is 4.98 Å². The fraction of sp³-hybridized carbons (Fsp3) is 0.320. The van der Waals surface area contributed by atoms with Gasteiger partial charge in [-0.15, -0.1) is 0 Å². The lowest BCUT2D eigenvalue weighted by atomic mass is 10.1. The molecule has 160 valence electrons. The summed E-state index contributed by atoms with van der Waals surface area (Å²) in [5.74, 6) is 0.774. The van der Waals surface area contributed by atoms with Gasteiger partial charge in [0.2, 0.25) is 0 Å². The molecule has 6 nitrogen and oxygen atoms in total. The Morgan fingerprint density at radius 3 is 2.13 bits per heavy atom. The minimum atomic E-state index is -0.152. The van der Waals surface area contributed by atoms with Gasteiger partial charge in [0, 0.05) is 18.9 Å². The Balaban J connectivity index is 1.70. The second-order valence-electron chi connectivity index (χ2n) is 7.83. The van der Waals surface area contributed by atoms with Gasteiger partial charge in [-0.2, -0.15) is 0 Å². The van der Waals surface area contributed by atoms with Gasteiger partial charge in [-0.05, 0) is 42.3 Å². The van der Waals surface area contributed by atoms with Crippen LogP contribution in [0.5, 0.6) is 5.75 Å². The maximum atomic E-state index is 13.1. The number of pyridine rings is 3. The summed E-state index contributed by atoms with van der Waals surface area (Å²) in [6.45, 7) is 3.29. The summed E-state index contributed by atoms with van der Waals surface area (Å²) >= 11 is 0. The second kappa shape index (κ2) is 9.16. The smallest absolute Gasteiger partial charge is 0.260 e. The highest BCUT2D eigenvalue weighted by Crippen LogP contribution is 2.16. The molecule has 0 spiro atoms. The van der Waals surface area contributed by atoms with Gasteiger partial charge in [0.05, 0.1) is 35.5 Å². The summed E-state index contributed by atoms with van der Waals surface area (Å²) in [5.41, 5.74) is 1.97. The third-order valence-corrected chi connectivity index (χ3v) is 5.65. The van der Waals surface area contributed by atoms with Crippen LogP contribution in [-0.2, 0) is 13.1 Å². The highest BCUT2D eigenvalue weighted by atomic mass is 16.5. The molecule has 0 N–H and O–H groups in total. The van der Waals surface area contributed by atoms with Gasteiger partial charge in [-0.3, -0.25) is 9.59 Å². The molecule has 6 heteroatoms. The number of aryl methyl sites for hydroxylation is 1. The van der Waals surface area contributed by atoms with E-state index >= 15 is 0 Å². The van der Waals surface area contributed by atoms with Crippen molar-refractivity contribution in [1.82, 2.24) is 14.1 Å². The maximum Gasteiger partial charge on any atom is 0.260 e. The summed E-state index contributed by atoms with van der Waals surface area (Å²) in [7, 11) is 1.62. The SMILES string of the molecule is CCCCCCn1ccc2nc3ccn(Cc4ccc(OC)cc4)c(=O)c3cc2c1=O. The summed E-state index contributed by atoms with van der Waals surface area (Å²) in [6, 6.07) is 13.0. The fourth-order valence-electron chi connectivity index (χ4n) is 3.84. The molecule has 0 aliphatic rings. The first-order valence-electron chi connectivity index (χ1n) is 10.8. The standard InChI is InChI=1S/C25H27N3O3/c1-3-4-5-6-13-27-14-11-22-20(24(27)29)16-21-23(26-22)12-15-28(25(21)30)17-18-7-9-19(31-2)10-8-18/h7-12,14-16H,3-6,13,17H2,1-2H3. The Morgan fingerprint density at radius 2 is 1.48 bits per heavy atom. The molecule has 0 atom stereocenters. The van der Waals surface area contributed by atoms with E-state index in [0.717, 1.165) is 30.6 Å². The first kappa shape index (κ1) is 20.8. The van der Waals surface area contributed by atoms with E-state index in [1.165, 1.54) is 6.42 Å². The van der Waals surface area contributed by atoms with Crippen molar-refractivity contribution in [2.75, 3.05) is 7.11 Å². The van der Waals surface area contributed by atoms with Crippen molar-refractivity contribution in [2.24, 2.45) is 0 Å². The van der Waals surface area contributed by atoms with Crippen molar-refractivity contribution in [2.45, 2.75) is 45.7 Å². The molecule has 0 radical (unpaired) electrons. The number of aromatic nitrogens is 3. The van der Waals surface area contributed by atoms with E-state index in [9.17, 15) is 9.59 Å². The quantitative estimate of drug-likeness (QED) is 0.316. The summed E-state index contributed by atoms with van der Waals surface area (Å²) in [4.78, 5) is 30.7. The number of ether oxygens (including phenoxy) is 1. The number of benzene rings is 1. The van der Waals surface area contributed by atoms with E-state index in [-0.39, 0.29) is 11.1 Å². The van der Waals surface area contributed by atoms with Crippen LogP contribution in [-0.4, -0.2) is 21.2 Å². The van der Waals surface area contributed by atoms with E-state index < -0.39 is 0 Å². The van der Waals surface area contributed by atoms with Gasteiger partial charge < -0.3 is 13.9 Å². The highest BCUT2D eigenvalue weighted by molar-refractivity contribution is 5.91. The molecule has 4 rings (SSSR count). The lowest BCUT2D eigenvalue weighted by molar-refractivity contribution is 0.414. The lowest BCUT2D eigenvalue weighted by Gasteiger charge is -2.10. The molecule has 0 unspecified atom stereocenters. The van der Waals surface area contributed by atoms with Crippen LogP contribution in [0.3, 0.4) is 0 Å². The zero-order valence-corrected chi connectivity index (χ0v) is 18.0. The topological polar surface area (TPSA) is 66.1 Å². The minimum Gasteiger partial charge on any atom is -0.497 e. The first-order chi connectivity index (χ1) is 15.1. The van der Waals surface area contributed by atoms with Crippen LogP contribution in [0.2, 0.25) is 0 Å². The number of fused-ring (bicyclic) bond motifs is 2. The average molecular weight is 418 g/mol. The van der Waals surface area contributed by atoms with Crippen LogP contribution < -0.4 is 15.9 Å². The fourth-order valence-corrected chi connectivity index (χ4v) is 3.84. The van der Waals surface area contributed by atoms with E-state index in [1.54, 1.807) is 34.7 Å². The molecule has 4 aromatic rings. The number of rotatable bonds is 8. The van der Waals surface area contributed by atoms with E-state index in [0.29, 0.717) is 34.9 Å². The van der Waals surface area contributed by atoms with Crippen LogP contribution in [0, 0.1) is 0 Å². The van der Waals surface area contributed by atoms with Crippen LogP contribution in [0.4, 0.5) is 0 Å². The zero-order valence-electron chi connectivity index (χ0n) is 18.0. The Morgan fingerprint density at radius 1 is 0.839 bits per heavy atom. The molecule has 0 bridgehead atoms. The Bertz CT molecular complexity index is 1320. The van der Waals surface area contributed by atoms with E-state index in [1.807, 2.05) is 36.4 Å². The van der Waals surface area contributed by atoms with Gasteiger partial charge in [0.25, 0.3) is 11.1 Å². The number of unbranched alkanes of at least 4 members (excludes halogenated alkanes) is 3. The highest BCUT2D eigenvalue weighted by Gasteiger charge is 2.10. The number of methoxy groups -OCH3 is 1. The molecule has 1 aromatic carbocycles. The van der Waals surface area contributed by atoms with Gasteiger partial charge in [0.15, 0.2) is 0 Å². The zero-order chi connectivity index (χ0) is 21.8. The molecule has 0 fully saturated rings. The largest absolute Gasteiger partial charge is 0.497 e. The Hall–Kier alpha value is -3.41. The van der Waals surface area contributed by atoms with Crippen molar-refractivity contribution in [1.29, 1.82) is 0 Å². The van der Waals surface area contributed by atoms with Crippen molar-refractivity contribution < 1.29 is 4.74 Å². The van der Waals surface area contributed by atoms with Crippen molar-refractivity contribution >= 4 is 21.8 Å². The van der Waals surface area contributed by atoms with Crippen LogP contribution >= 0.6 is 0 Å².